The SMILES string of the molecule is CCCCCOc1c(Cl)cc(C(=O)N(Cc2ccc(OC)c(OC)c2)C2CCS(=O)(=O)C2)cc1Cl. The van der Waals surface area contributed by atoms with Gasteiger partial charge in [0.15, 0.2) is 27.1 Å². The van der Waals surface area contributed by atoms with Crippen molar-refractivity contribution in [2.75, 3.05) is 32.3 Å². The van der Waals surface area contributed by atoms with Crippen molar-refractivity contribution in [1.29, 1.82) is 0 Å². The van der Waals surface area contributed by atoms with Gasteiger partial charge in [-0.3, -0.25) is 4.79 Å². The molecular formula is C25H31Cl2NO6S. The number of carbonyl (C=O) groups is 1. The van der Waals surface area contributed by atoms with Crippen LogP contribution in [0.15, 0.2) is 30.3 Å². The molecule has 1 aliphatic rings. The lowest BCUT2D eigenvalue weighted by Crippen LogP contribution is -2.40. The number of unbranched alkanes of at least 4 members (excludes halogenated alkanes) is 2. The zero-order valence-corrected chi connectivity index (χ0v) is 22.5. The van der Waals surface area contributed by atoms with Gasteiger partial charge in [0.1, 0.15) is 0 Å². The first-order chi connectivity index (χ1) is 16.7. The van der Waals surface area contributed by atoms with Crippen molar-refractivity contribution in [2.45, 2.75) is 45.2 Å². The third-order valence-electron chi connectivity index (χ3n) is 5.95. The first-order valence-corrected chi connectivity index (χ1v) is 14.1. The quantitative estimate of drug-likeness (QED) is 0.352. The molecule has 35 heavy (non-hydrogen) atoms. The number of rotatable bonds is 11. The van der Waals surface area contributed by atoms with Gasteiger partial charge >= 0.3 is 0 Å². The maximum atomic E-state index is 13.7. The molecule has 0 N–H and O–H groups in total. The van der Waals surface area contributed by atoms with E-state index in [2.05, 4.69) is 6.92 Å². The fourth-order valence-corrected chi connectivity index (χ4v) is 6.40. The van der Waals surface area contributed by atoms with Crippen molar-refractivity contribution < 1.29 is 27.4 Å². The fourth-order valence-electron chi connectivity index (χ4n) is 4.08. The Bertz CT molecular complexity index is 1130. The van der Waals surface area contributed by atoms with Crippen molar-refractivity contribution in [2.24, 2.45) is 0 Å². The van der Waals surface area contributed by atoms with E-state index in [-0.39, 0.29) is 39.6 Å². The van der Waals surface area contributed by atoms with Crippen LogP contribution in [0.1, 0.15) is 48.5 Å². The van der Waals surface area contributed by atoms with Crippen LogP contribution in [0.3, 0.4) is 0 Å². The molecule has 0 aromatic heterocycles. The molecule has 0 aliphatic carbocycles. The molecule has 0 saturated carbocycles. The largest absolute Gasteiger partial charge is 0.493 e. The summed E-state index contributed by atoms with van der Waals surface area (Å²) in [5.41, 5.74) is 1.04. The molecule has 7 nitrogen and oxygen atoms in total. The first-order valence-electron chi connectivity index (χ1n) is 11.5. The molecule has 1 fully saturated rings. The number of benzene rings is 2. The number of hydrogen-bond acceptors (Lipinski definition) is 6. The molecule has 1 amide bonds. The number of methoxy groups -OCH3 is 2. The Balaban J connectivity index is 1.90. The molecule has 0 spiro atoms. The minimum Gasteiger partial charge on any atom is -0.493 e. The summed E-state index contributed by atoms with van der Waals surface area (Å²) in [6.45, 7) is 2.76. The predicted molar refractivity (Wildman–Crippen MR) is 138 cm³/mol. The van der Waals surface area contributed by atoms with E-state index in [1.54, 1.807) is 24.1 Å². The van der Waals surface area contributed by atoms with Gasteiger partial charge in [-0.25, -0.2) is 8.42 Å². The third-order valence-corrected chi connectivity index (χ3v) is 8.26. The van der Waals surface area contributed by atoms with Gasteiger partial charge in [0.05, 0.1) is 42.4 Å². The maximum Gasteiger partial charge on any atom is 0.254 e. The molecule has 0 radical (unpaired) electrons. The van der Waals surface area contributed by atoms with Gasteiger partial charge in [0.25, 0.3) is 5.91 Å². The number of carbonyl (C=O) groups excluding carboxylic acids is 1. The lowest BCUT2D eigenvalue weighted by molar-refractivity contribution is 0.0680. The van der Waals surface area contributed by atoms with Crippen LogP contribution >= 0.6 is 23.2 Å². The zero-order chi connectivity index (χ0) is 25.6. The van der Waals surface area contributed by atoms with E-state index in [1.165, 1.54) is 19.2 Å². The Hall–Kier alpha value is -2.16. The lowest BCUT2D eigenvalue weighted by atomic mass is 10.1. The summed E-state index contributed by atoms with van der Waals surface area (Å²) in [5, 5.41) is 0.477. The van der Waals surface area contributed by atoms with Crippen LogP contribution in [0.4, 0.5) is 0 Å². The molecule has 10 heteroatoms. The van der Waals surface area contributed by atoms with Crippen molar-refractivity contribution in [3.8, 4) is 17.2 Å². The highest BCUT2D eigenvalue weighted by atomic mass is 35.5. The summed E-state index contributed by atoms with van der Waals surface area (Å²) in [7, 11) is -0.146. The van der Waals surface area contributed by atoms with E-state index in [4.69, 9.17) is 37.4 Å². The average Bonchev–Trinajstić information content (AvgIpc) is 3.20. The van der Waals surface area contributed by atoms with Crippen LogP contribution in [0.25, 0.3) is 0 Å². The van der Waals surface area contributed by atoms with E-state index >= 15 is 0 Å². The van der Waals surface area contributed by atoms with Gasteiger partial charge in [0, 0.05) is 18.2 Å². The number of halogens is 2. The summed E-state index contributed by atoms with van der Waals surface area (Å²) in [5.74, 6) is 1.02. The van der Waals surface area contributed by atoms with Gasteiger partial charge < -0.3 is 19.1 Å². The van der Waals surface area contributed by atoms with E-state index in [0.29, 0.717) is 30.3 Å². The van der Waals surface area contributed by atoms with Crippen LogP contribution in [0.2, 0.25) is 10.0 Å². The van der Waals surface area contributed by atoms with Gasteiger partial charge in [-0.05, 0) is 42.7 Å². The summed E-state index contributed by atoms with van der Waals surface area (Å²) >= 11 is 12.9. The van der Waals surface area contributed by atoms with E-state index in [0.717, 1.165) is 24.8 Å². The molecule has 1 aliphatic heterocycles. The highest BCUT2D eigenvalue weighted by Crippen LogP contribution is 2.36. The van der Waals surface area contributed by atoms with Crippen LogP contribution in [0.5, 0.6) is 17.2 Å². The smallest absolute Gasteiger partial charge is 0.254 e. The van der Waals surface area contributed by atoms with E-state index < -0.39 is 15.9 Å². The minimum absolute atomic E-state index is 0.0411. The van der Waals surface area contributed by atoms with E-state index in [9.17, 15) is 13.2 Å². The molecule has 1 saturated heterocycles. The average molecular weight is 544 g/mol. The van der Waals surface area contributed by atoms with E-state index in [1.807, 2.05) is 6.07 Å². The first kappa shape index (κ1) is 27.4. The van der Waals surface area contributed by atoms with Crippen molar-refractivity contribution in [3.05, 3.63) is 51.5 Å². The molecule has 1 heterocycles. The Labute approximate surface area is 217 Å². The number of ether oxygens (including phenoxy) is 3. The third kappa shape index (κ3) is 6.96. The molecule has 2 aromatic rings. The Morgan fingerprint density at radius 3 is 2.31 bits per heavy atom. The second-order valence-corrected chi connectivity index (χ2v) is 11.5. The van der Waals surface area contributed by atoms with Crippen molar-refractivity contribution in [1.82, 2.24) is 4.90 Å². The lowest BCUT2D eigenvalue weighted by Gasteiger charge is -2.29. The van der Waals surface area contributed by atoms with Gasteiger partial charge in [-0.2, -0.15) is 0 Å². The van der Waals surface area contributed by atoms with Crippen LogP contribution < -0.4 is 14.2 Å². The van der Waals surface area contributed by atoms with Crippen LogP contribution in [0, 0.1) is 0 Å². The maximum absolute atomic E-state index is 13.7. The predicted octanol–water partition coefficient (Wildman–Crippen LogP) is 5.41. The molecule has 0 bridgehead atoms. The summed E-state index contributed by atoms with van der Waals surface area (Å²) in [6, 6.07) is 7.92. The Morgan fingerprint density at radius 1 is 1.06 bits per heavy atom. The standard InChI is InChI=1S/C25H31Cl2NO6S/c1-4-5-6-10-34-24-20(26)13-18(14-21(24)27)25(29)28(19-9-11-35(30,31)16-19)15-17-7-8-22(32-2)23(12-17)33-3/h7-8,12-14,19H,4-6,9-11,15-16H2,1-3H3. The molecule has 1 atom stereocenters. The molecule has 3 rings (SSSR count). The summed E-state index contributed by atoms with van der Waals surface area (Å²) in [4.78, 5) is 15.2. The summed E-state index contributed by atoms with van der Waals surface area (Å²) < 4.78 is 40.8. The summed E-state index contributed by atoms with van der Waals surface area (Å²) in [6.07, 6.45) is 3.33. The second-order valence-electron chi connectivity index (χ2n) is 8.50. The van der Waals surface area contributed by atoms with Crippen molar-refractivity contribution in [3.63, 3.8) is 0 Å². The highest BCUT2D eigenvalue weighted by molar-refractivity contribution is 7.91. The monoisotopic (exact) mass is 543 g/mol. The highest BCUT2D eigenvalue weighted by Gasteiger charge is 2.35. The number of hydrogen-bond donors (Lipinski definition) is 0. The number of nitrogens with zero attached hydrogens (tertiary/aromatic N) is 1. The topological polar surface area (TPSA) is 82.1 Å². The molecule has 2 aromatic carbocycles. The van der Waals surface area contributed by atoms with Crippen molar-refractivity contribution >= 4 is 38.9 Å². The second kappa shape index (κ2) is 12.2. The van der Waals surface area contributed by atoms with Crippen LogP contribution in [-0.4, -0.2) is 57.6 Å². The van der Waals surface area contributed by atoms with Gasteiger partial charge in [0.2, 0.25) is 0 Å². The van der Waals surface area contributed by atoms with Crippen LogP contribution in [-0.2, 0) is 16.4 Å². The molecule has 192 valence electrons. The molecular weight excluding hydrogens is 513 g/mol. The Kier molecular flexibility index (Phi) is 9.55. The number of sulfone groups is 1. The minimum atomic E-state index is -3.22. The number of amides is 1. The zero-order valence-electron chi connectivity index (χ0n) is 20.2. The normalized spacial score (nSPS) is 16.7. The Morgan fingerprint density at radius 2 is 1.74 bits per heavy atom. The molecule has 1 unspecified atom stereocenters. The van der Waals surface area contributed by atoms with Gasteiger partial charge in [-0.15, -0.1) is 0 Å². The van der Waals surface area contributed by atoms with Gasteiger partial charge in [-0.1, -0.05) is 49.0 Å². The fraction of sp³-hybridized carbons (Fsp3) is 0.480.